The minimum absolute atomic E-state index is 0.171. The number of carboxylic acid groups (broad SMARTS) is 1. The standard InChI is InChI=1S/C25H29N5O5S/c1-18(16-24(31)32)30(36(34)35)29-14-12-28(13-15-29)22-8-4-19(5-9-22)2-3-20-10-11-26-23(17-20)25(33)27-21-6-7-21/h4-5,8-11,17-18,21H,6-7,12-16H2,1H3,(H,27,33)(H,31,32)(H,34,35). The van der Waals surface area contributed by atoms with Gasteiger partial charge >= 0.3 is 5.97 Å². The Morgan fingerprint density at radius 1 is 1.14 bits per heavy atom. The number of anilines is 1. The van der Waals surface area contributed by atoms with Gasteiger partial charge in [0.2, 0.25) is 11.3 Å². The molecule has 1 saturated carbocycles. The van der Waals surface area contributed by atoms with E-state index in [9.17, 15) is 18.4 Å². The Morgan fingerprint density at radius 2 is 1.81 bits per heavy atom. The molecule has 2 heterocycles. The van der Waals surface area contributed by atoms with E-state index in [-0.39, 0.29) is 18.4 Å². The SMILES string of the molecule is CC(CC(=O)O)N(N1CCN(c2ccc(C#Cc3ccnc(C(=O)NC4CC4)c3)cc2)CC1)S(=O)O. The average Bonchev–Trinajstić information content (AvgIpc) is 3.67. The number of pyridine rings is 1. The van der Waals surface area contributed by atoms with Crippen LogP contribution in [0, 0.1) is 11.8 Å². The van der Waals surface area contributed by atoms with E-state index in [1.165, 1.54) is 4.41 Å². The van der Waals surface area contributed by atoms with Crippen LogP contribution in [0.1, 0.15) is 47.8 Å². The zero-order valence-corrected chi connectivity index (χ0v) is 20.8. The zero-order valence-electron chi connectivity index (χ0n) is 20.0. The van der Waals surface area contributed by atoms with Gasteiger partial charge in [0.15, 0.2) is 0 Å². The van der Waals surface area contributed by atoms with Crippen LogP contribution in [0.5, 0.6) is 0 Å². The highest BCUT2D eigenvalue weighted by Gasteiger charge is 2.30. The molecule has 1 aliphatic heterocycles. The number of aliphatic carboxylic acids is 1. The van der Waals surface area contributed by atoms with Crippen molar-refractivity contribution in [3.8, 4) is 11.8 Å². The summed E-state index contributed by atoms with van der Waals surface area (Å²) in [5.74, 6) is 5.03. The monoisotopic (exact) mass is 511 g/mol. The number of rotatable bonds is 8. The van der Waals surface area contributed by atoms with Gasteiger partial charge < -0.3 is 15.3 Å². The average molecular weight is 512 g/mol. The van der Waals surface area contributed by atoms with E-state index in [1.807, 2.05) is 24.3 Å². The molecule has 0 bridgehead atoms. The molecule has 4 rings (SSSR count). The fraction of sp³-hybridized carbons (Fsp3) is 0.400. The second-order valence-electron chi connectivity index (χ2n) is 8.90. The topological polar surface area (TPSA) is 126 Å². The second-order valence-corrected chi connectivity index (χ2v) is 9.73. The zero-order chi connectivity index (χ0) is 25.7. The lowest BCUT2D eigenvalue weighted by Crippen LogP contribution is -2.57. The van der Waals surface area contributed by atoms with Gasteiger partial charge in [0, 0.05) is 61.3 Å². The summed E-state index contributed by atoms with van der Waals surface area (Å²) in [5.41, 5.74) is 2.93. The summed E-state index contributed by atoms with van der Waals surface area (Å²) in [4.78, 5) is 29.5. The molecular formula is C25H29N5O5S. The molecule has 11 heteroatoms. The molecule has 1 saturated heterocycles. The number of nitrogens with zero attached hydrogens (tertiary/aromatic N) is 4. The van der Waals surface area contributed by atoms with Gasteiger partial charge in [0.1, 0.15) is 5.69 Å². The Hall–Kier alpha value is -3.30. The lowest BCUT2D eigenvalue weighted by molar-refractivity contribution is -0.139. The summed E-state index contributed by atoms with van der Waals surface area (Å²) in [7, 11) is 0. The van der Waals surface area contributed by atoms with Crippen LogP contribution in [-0.2, 0) is 16.1 Å². The molecule has 2 atom stereocenters. The van der Waals surface area contributed by atoms with Crippen molar-refractivity contribution in [3.05, 3.63) is 59.4 Å². The van der Waals surface area contributed by atoms with Gasteiger partial charge in [-0.25, -0.2) is 9.22 Å². The normalized spacial score (nSPS) is 17.7. The van der Waals surface area contributed by atoms with Crippen LogP contribution < -0.4 is 10.2 Å². The predicted octanol–water partition coefficient (Wildman–Crippen LogP) is 1.71. The number of hydrogen-bond acceptors (Lipinski definition) is 6. The van der Waals surface area contributed by atoms with E-state index >= 15 is 0 Å². The van der Waals surface area contributed by atoms with E-state index < -0.39 is 23.3 Å². The van der Waals surface area contributed by atoms with Crippen LogP contribution in [-0.4, -0.2) is 78.4 Å². The lowest BCUT2D eigenvalue weighted by Gasteiger charge is -2.41. The van der Waals surface area contributed by atoms with Gasteiger partial charge in [-0.1, -0.05) is 11.8 Å². The number of piperazine rings is 1. The molecule has 2 fully saturated rings. The number of carboxylic acids is 1. The molecule has 10 nitrogen and oxygen atoms in total. The van der Waals surface area contributed by atoms with Crippen molar-refractivity contribution in [2.24, 2.45) is 0 Å². The van der Waals surface area contributed by atoms with Crippen LogP contribution in [0.3, 0.4) is 0 Å². The van der Waals surface area contributed by atoms with Crippen molar-refractivity contribution in [1.29, 1.82) is 0 Å². The summed E-state index contributed by atoms with van der Waals surface area (Å²) >= 11 is -2.29. The molecule has 2 unspecified atom stereocenters. The number of benzene rings is 1. The summed E-state index contributed by atoms with van der Waals surface area (Å²) in [5, 5.41) is 13.7. The molecule has 3 N–H and O–H groups in total. The quantitative estimate of drug-likeness (QED) is 0.361. The Bertz CT molecular complexity index is 1180. The van der Waals surface area contributed by atoms with E-state index in [1.54, 1.807) is 30.3 Å². The van der Waals surface area contributed by atoms with Crippen LogP contribution in [0.15, 0.2) is 42.6 Å². The van der Waals surface area contributed by atoms with Crippen LogP contribution >= 0.6 is 0 Å². The number of amides is 1. The number of carbonyl (C=O) groups is 2. The van der Waals surface area contributed by atoms with Crippen LogP contribution in [0.4, 0.5) is 5.69 Å². The van der Waals surface area contributed by atoms with Crippen molar-refractivity contribution < 1.29 is 23.5 Å². The first-order valence-corrected chi connectivity index (χ1v) is 12.9. The van der Waals surface area contributed by atoms with Crippen molar-refractivity contribution in [3.63, 3.8) is 0 Å². The van der Waals surface area contributed by atoms with Crippen molar-refractivity contribution >= 4 is 28.8 Å². The lowest BCUT2D eigenvalue weighted by atomic mass is 10.1. The Balaban J connectivity index is 1.34. The maximum Gasteiger partial charge on any atom is 0.305 e. The molecule has 1 aromatic carbocycles. The third kappa shape index (κ3) is 6.89. The van der Waals surface area contributed by atoms with Crippen molar-refractivity contribution in [2.45, 2.75) is 38.3 Å². The van der Waals surface area contributed by atoms with Crippen molar-refractivity contribution in [1.82, 2.24) is 19.7 Å². The van der Waals surface area contributed by atoms with Gasteiger partial charge in [0.05, 0.1) is 6.42 Å². The second kappa shape index (κ2) is 11.6. The largest absolute Gasteiger partial charge is 0.481 e. The Kier molecular flexibility index (Phi) is 8.32. The van der Waals surface area contributed by atoms with Crippen LogP contribution in [0.2, 0.25) is 0 Å². The van der Waals surface area contributed by atoms with Gasteiger partial charge in [-0.2, -0.15) is 0 Å². The van der Waals surface area contributed by atoms with Gasteiger partial charge in [0.25, 0.3) is 5.91 Å². The number of aromatic nitrogens is 1. The van der Waals surface area contributed by atoms with Gasteiger partial charge in [-0.15, -0.1) is 4.41 Å². The number of hydrogen-bond donors (Lipinski definition) is 3. The van der Waals surface area contributed by atoms with Gasteiger partial charge in [-0.3, -0.25) is 19.1 Å². The highest BCUT2D eigenvalue weighted by Crippen LogP contribution is 2.21. The number of nitrogens with one attached hydrogen (secondary N) is 1. The van der Waals surface area contributed by atoms with E-state index in [0.29, 0.717) is 37.4 Å². The van der Waals surface area contributed by atoms with Crippen molar-refractivity contribution in [2.75, 3.05) is 31.1 Å². The highest BCUT2D eigenvalue weighted by atomic mass is 32.2. The maximum absolute atomic E-state index is 12.2. The van der Waals surface area contributed by atoms with Gasteiger partial charge in [-0.05, 0) is 56.2 Å². The smallest absolute Gasteiger partial charge is 0.305 e. The third-order valence-corrected chi connectivity index (χ3v) is 6.94. The molecular weight excluding hydrogens is 482 g/mol. The minimum atomic E-state index is -2.29. The number of carbonyl (C=O) groups excluding carboxylic acids is 1. The fourth-order valence-corrected chi connectivity index (χ4v) is 4.78. The summed E-state index contributed by atoms with van der Waals surface area (Å²) in [6.45, 7) is 3.87. The molecule has 2 aromatic rings. The third-order valence-electron chi connectivity index (χ3n) is 6.03. The summed E-state index contributed by atoms with van der Waals surface area (Å²) in [6, 6.07) is 11.0. The molecule has 1 amide bonds. The van der Waals surface area contributed by atoms with Crippen LogP contribution in [0.25, 0.3) is 0 Å². The molecule has 1 aromatic heterocycles. The molecule has 190 valence electrons. The molecule has 2 aliphatic rings. The summed E-state index contributed by atoms with van der Waals surface area (Å²) < 4.78 is 22.8. The first kappa shape index (κ1) is 25.8. The molecule has 0 spiro atoms. The predicted molar refractivity (Wildman–Crippen MR) is 135 cm³/mol. The Morgan fingerprint density at radius 3 is 2.42 bits per heavy atom. The first-order valence-electron chi connectivity index (χ1n) is 11.8. The molecule has 1 aliphatic carbocycles. The molecule has 0 radical (unpaired) electrons. The van der Waals surface area contributed by atoms with E-state index in [0.717, 1.165) is 24.1 Å². The summed E-state index contributed by atoms with van der Waals surface area (Å²) in [6.07, 6.45) is 3.41. The van der Waals surface area contributed by atoms with E-state index in [2.05, 4.69) is 27.0 Å². The fourth-order valence-electron chi connectivity index (χ4n) is 4.03. The highest BCUT2D eigenvalue weighted by molar-refractivity contribution is 7.76. The maximum atomic E-state index is 12.2. The first-order chi connectivity index (χ1) is 17.3. The minimum Gasteiger partial charge on any atom is -0.481 e. The Labute approximate surface area is 212 Å². The molecule has 36 heavy (non-hydrogen) atoms. The van der Waals surface area contributed by atoms with E-state index in [4.69, 9.17) is 5.11 Å². The number of hydrazine groups is 1.